The Balaban J connectivity index is 2.48. The van der Waals surface area contributed by atoms with E-state index >= 15 is 0 Å². The van der Waals surface area contributed by atoms with Gasteiger partial charge in [0.25, 0.3) is 0 Å². The van der Waals surface area contributed by atoms with Crippen LogP contribution in [0.5, 0.6) is 0 Å². The number of hydrogen-bond acceptors (Lipinski definition) is 2. The summed E-state index contributed by atoms with van der Waals surface area (Å²) in [4.78, 5) is 0. The Bertz CT molecular complexity index is 557. The Hall–Kier alpha value is -0.870. The zero-order valence-corrected chi connectivity index (χ0v) is 12.3. The van der Waals surface area contributed by atoms with Crippen LogP contribution in [-0.4, -0.2) is 0 Å². The van der Waals surface area contributed by atoms with Crippen molar-refractivity contribution in [3.63, 3.8) is 0 Å². The first-order valence-electron chi connectivity index (χ1n) is 5.59. The summed E-state index contributed by atoms with van der Waals surface area (Å²) in [6.45, 7) is 2.06. The fraction of sp³-hybridized carbons (Fsp3) is 0.143. The summed E-state index contributed by atoms with van der Waals surface area (Å²) in [5.41, 5.74) is 6.07. The van der Waals surface area contributed by atoms with Crippen LogP contribution in [0.3, 0.4) is 0 Å². The molecule has 0 radical (unpaired) electrons. The van der Waals surface area contributed by atoms with Gasteiger partial charge in [-0.1, -0.05) is 57.4 Å². The minimum atomic E-state index is -0.116. The first-order valence-corrected chi connectivity index (χ1v) is 6.76. The van der Waals surface area contributed by atoms with Gasteiger partial charge in [-0.2, -0.15) is 0 Å². The fourth-order valence-corrected chi connectivity index (χ4v) is 2.56. The van der Waals surface area contributed by atoms with Gasteiger partial charge in [0.05, 0.1) is 6.04 Å². The van der Waals surface area contributed by atoms with Gasteiger partial charge in [-0.3, -0.25) is 5.84 Å². The van der Waals surface area contributed by atoms with Crippen LogP contribution < -0.4 is 11.3 Å². The topological polar surface area (TPSA) is 38.0 Å². The standard InChI is InChI=1S/C14H14BrClN2/c1-9-3-2-4-10(7-9)14(18-17)12-8-11(15)5-6-13(12)16/h2-8,14,18H,17H2,1H3. The van der Waals surface area contributed by atoms with Gasteiger partial charge in [0.15, 0.2) is 0 Å². The normalized spacial score (nSPS) is 12.4. The number of hydrazine groups is 1. The zero-order chi connectivity index (χ0) is 13.1. The molecule has 0 amide bonds. The molecule has 2 aromatic rings. The van der Waals surface area contributed by atoms with E-state index in [2.05, 4.69) is 40.4 Å². The molecule has 94 valence electrons. The van der Waals surface area contributed by atoms with Gasteiger partial charge >= 0.3 is 0 Å². The molecule has 0 saturated carbocycles. The van der Waals surface area contributed by atoms with Crippen LogP contribution in [0, 0.1) is 6.92 Å². The number of rotatable bonds is 3. The Morgan fingerprint density at radius 3 is 2.67 bits per heavy atom. The lowest BCUT2D eigenvalue weighted by Crippen LogP contribution is -2.29. The fourth-order valence-electron chi connectivity index (χ4n) is 1.95. The van der Waals surface area contributed by atoms with Gasteiger partial charge in [-0.05, 0) is 36.2 Å². The maximum atomic E-state index is 6.24. The molecule has 2 nitrogen and oxygen atoms in total. The molecular formula is C14H14BrClN2. The smallest absolute Gasteiger partial charge is 0.0725 e. The molecule has 0 heterocycles. The first kappa shape index (κ1) is 13.6. The van der Waals surface area contributed by atoms with Crippen LogP contribution in [0.25, 0.3) is 0 Å². The van der Waals surface area contributed by atoms with Crippen LogP contribution in [0.4, 0.5) is 0 Å². The summed E-state index contributed by atoms with van der Waals surface area (Å²) in [5, 5.41) is 0.697. The third-order valence-electron chi connectivity index (χ3n) is 2.81. The summed E-state index contributed by atoms with van der Waals surface area (Å²) in [6.07, 6.45) is 0. The van der Waals surface area contributed by atoms with E-state index in [1.807, 2.05) is 30.3 Å². The number of nitrogens with one attached hydrogen (secondary N) is 1. The van der Waals surface area contributed by atoms with Crippen molar-refractivity contribution in [3.05, 3.63) is 68.7 Å². The molecular weight excluding hydrogens is 312 g/mol. The average molecular weight is 326 g/mol. The molecule has 3 N–H and O–H groups in total. The van der Waals surface area contributed by atoms with Crippen molar-refractivity contribution in [1.82, 2.24) is 5.43 Å². The minimum absolute atomic E-state index is 0.116. The zero-order valence-electron chi connectivity index (χ0n) is 9.95. The predicted octanol–water partition coefficient (Wildman–Crippen LogP) is 3.96. The van der Waals surface area contributed by atoms with E-state index < -0.39 is 0 Å². The van der Waals surface area contributed by atoms with Gasteiger partial charge in [0.2, 0.25) is 0 Å². The van der Waals surface area contributed by atoms with Crippen LogP contribution in [0.2, 0.25) is 5.02 Å². The molecule has 4 heteroatoms. The van der Waals surface area contributed by atoms with Crippen molar-refractivity contribution >= 4 is 27.5 Å². The van der Waals surface area contributed by atoms with E-state index in [1.54, 1.807) is 0 Å². The second-order valence-corrected chi connectivity index (χ2v) is 5.50. The summed E-state index contributed by atoms with van der Waals surface area (Å²) < 4.78 is 0.981. The second-order valence-electron chi connectivity index (χ2n) is 4.18. The Morgan fingerprint density at radius 2 is 2.00 bits per heavy atom. The molecule has 0 aromatic heterocycles. The molecule has 0 aliphatic rings. The molecule has 0 saturated heterocycles. The van der Waals surface area contributed by atoms with E-state index in [9.17, 15) is 0 Å². The molecule has 1 atom stereocenters. The molecule has 1 unspecified atom stereocenters. The molecule has 0 aliphatic carbocycles. The molecule has 18 heavy (non-hydrogen) atoms. The number of nitrogens with two attached hydrogens (primary N) is 1. The molecule has 0 fully saturated rings. The Morgan fingerprint density at radius 1 is 1.22 bits per heavy atom. The second kappa shape index (κ2) is 5.85. The summed E-state index contributed by atoms with van der Waals surface area (Å²) in [7, 11) is 0. The molecule has 2 aromatic carbocycles. The van der Waals surface area contributed by atoms with Crippen molar-refractivity contribution in [3.8, 4) is 0 Å². The highest BCUT2D eigenvalue weighted by Crippen LogP contribution is 2.30. The SMILES string of the molecule is Cc1cccc(C(NN)c2cc(Br)ccc2Cl)c1. The summed E-state index contributed by atoms with van der Waals surface area (Å²) in [5.74, 6) is 5.68. The lowest BCUT2D eigenvalue weighted by atomic mass is 9.98. The van der Waals surface area contributed by atoms with E-state index in [-0.39, 0.29) is 6.04 Å². The van der Waals surface area contributed by atoms with Gasteiger partial charge < -0.3 is 0 Å². The van der Waals surface area contributed by atoms with Crippen molar-refractivity contribution in [2.24, 2.45) is 5.84 Å². The van der Waals surface area contributed by atoms with Gasteiger partial charge in [0, 0.05) is 9.50 Å². The third-order valence-corrected chi connectivity index (χ3v) is 3.65. The number of halogens is 2. The first-order chi connectivity index (χ1) is 8.61. The predicted molar refractivity (Wildman–Crippen MR) is 79.5 cm³/mol. The lowest BCUT2D eigenvalue weighted by Gasteiger charge is -2.19. The molecule has 0 aliphatic heterocycles. The van der Waals surface area contributed by atoms with Gasteiger partial charge in [-0.15, -0.1) is 0 Å². The highest BCUT2D eigenvalue weighted by atomic mass is 79.9. The quantitative estimate of drug-likeness (QED) is 0.662. The summed E-state index contributed by atoms with van der Waals surface area (Å²) >= 11 is 9.70. The van der Waals surface area contributed by atoms with Crippen molar-refractivity contribution in [2.45, 2.75) is 13.0 Å². The average Bonchev–Trinajstić information content (AvgIpc) is 2.35. The number of aryl methyl sites for hydroxylation is 1. The highest BCUT2D eigenvalue weighted by Gasteiger charge is 2.15. The van der Waals surface area contributed by atoms with E-state index in [4.69, 9.17) is 17.4 Å². The highest BCUT2D eigenvalue weighted by molar-refractivity contribution is 9.10. The van der Waals surface area contributed by atoms with Crippen LogP contribution in [0.15, 0.2) is 46.9 Å². The summed E-state index contributed by atoms with van der Waals surface area (Å²) in [6, 6.07) is 13.8. The molecule has 0 bridgehead atoms. The van der Waals surface area contributed by atoms with Crippen molar-refractivity contribution < 1.29 is 0 Å². The molecule has 2 rings (SSSR count). The van der Waals surface area contributed by atoms with Gasteiger partial charge in [0.1, 0.15) is 0 Å². The molecule has 0 spiro atoms. The number of hydrogen-bond donors (Lipinski definition) is 2. The van der Waals surface area contributed by atoms with Crippen molar-refractivity contribution in [2.75, 3.05) is 0 Å². The van der Waals surface area contributed by atoms with Gasteiger partial charge in [-0.25, -0.2) is 5.43 Å². The number of benzene rings is 2. The van der Waals surface area contributed by atoms with E-state index in [1.165, 1.54) is 5.56 Å². The third kappa shape index (κ3) is 2.93. The Labute approximate surface area is 120 Å². The van der Waals surface area contributed by atoms with E-state index in [0.29, 0.717) is 5.02 Å². The lowest BCUT2D eigenvalue weighted by molar-refractivity contribution is 0.636. The van der Waals surface area contributed by atoms with Crippen LogP contribution in [-0.2, 0) is 0 Å². The van der Waals surface area contributed by atoms with E-state index in [0.717, 1.165) is 15.6 Å². The Kier molecular flexibility index (Phi) is 4.40. The maximum Gasteiger partial charge on any atom is 0.0725 e. The van der Waals surface area contributed by atoms with Crippen molar-refractivity contribution in [1.29, 1.82) is 0 Å². The van der Waals surface area contributed by atoms with Crippen LogP contribution >= 0.6 is 27.5 Å². The minimum Gasteiger partial charge on any atom is -0.271 e. The van der Waals surface area contributed by atoms with Crippen LogP contribution in [0.1, 0.15) is 22.7 Å². The maximum absolute atomic E-state index is 6.24. The largest absolute Gasteiger partial charge is 0.271 e. The monoisotopic (exact) mass is 324 g/mol.